The van der Waals surface area contributed by atoms with Gasteiger partial charge in [-0.05, 0) is 43.7 Å². The summed E-state index contributed by atoms with van der Waals surface area (Å²) < 4.78 is 9.97. The monoisotopic (exact) mass is 395 g/mol. The Kier molecular flexibility index (Phi) is 7.17. The number of carbonyl (C=O) groups excluding carboxylic acids is 3. The Labute approximate surface area is 160 Å². The number of benzene rings is 1. The normalized spacial score (nSPS) is 10.3. The molecule has 0 atom stereocenters. The number of ether oxygens (including phenoxy) is 2. The lowest BCUT2D eigenvalue weighted by atomic mass is 10.2. The summed E-state index contributed by atoms with van der Waals surface area (Å²) >= 11 is 7.04. The van der Waals surface area contributed by atoms with Crippen LogP contribution in [0.5, 0.6) is 0 Å². The van der Waals surface area contributed by atoms with Crippen molar-refractivity contribution in [2.24, 2.45) is 0 Å². The molecule has 0 saturated heterocycles. The molecule has 0 spiro atoms. The molecule has 26 heavy (non-hydrogen) atoms. The molecule has 0 aliphatic rings. The van der Waals surface area contributed by atoms with Gasteiger partial charge >= 0.3 is 11.9 Å². The van der Waals surface area contributed by atoms with Crippen LogP contribution in [0, 0.1) is 0 Å². The van der Waals surface area contributed by atoms with Crippen molar-refractivity contribution in [1.82, 2.24) is 0 Å². The van der Waals surface area contributed by atoms with Gasteiger partial charge in [-0.1, -0.05) is 18.5 Å². The van der Waals surface area contributed by atoms with Crippen LogP contribution in [-0.2, 0) is 20.7 Å². The Bertz CT molecular complexity index is 800. The molecule has 2 rings (SSSR count). The maximum atomic E-state index is 12.1. The summed E-state index contributed by atoms with van der Waals surface area (Å²) in [7, 11) is 0. The molecule has 0 fully saturated rings. The first-order valence-electron chi connectivity index (χ1n) is 7.97. The lowest BCUT2D eigenvalue weighted by Gasteiger charge is -2.07. The molecule has 0 saturated carbocycles. The van der Waals surface area contributed by atoms with Crippen LogP contribution in [0.4, 0.5) is 5.00 Å². The predicted octanol–water partition coefficient (Wildman–Crippen LogP) is 3.94. The Morgan fingerprint density at radius 2 is 1.77 bits per heavy atom. The van der Waals surface area contributed by atoms with E-state index in [1.807, 2.05) is 6.92 Å². The minimum atomic E-state index is -0.636. The number of hydrogen-bond donors (Lipinski definition) is 1. The molecule has 0 unspecified atom stereocenters. The van der Waals surface area contributed by atoms with Gasteiger partial charge in [-0.3, -0.25) is 4.79 Å². The number of anilines is 1. The standard InChI is InChI=1S/C18H18ClNO5S/c1-3-13-9-14(18(23)24-4-2)16(26-13)20-15(21)10-25-17(22)11-5-7-12(19)8-6-11/h5-9H,3-4,10H2,1-2H3,(H,20,21). The van der Waals surface area contributed by atoms with Crippen LogP contribution in [0.2, 0.25) is 5.02 Å². The summed E-state index contributed by atoms with van der Waals surface area (Å²) in [5, 5.41) is 3.48. The van der Waals surface area contributed by atoms with Gasteiger partial charge in [-0.25, -0.2) is 9.59 Å². The number of carbonyl (C=O) groups is 3. The summed E-state index contributed by atoms with van der Waals surface area (Å²) in [5.41, 5.74) is 0.588. The van der Waals surface area contributed by atoms with Gasteiger partial charge in [0, 0.05) is 9.90 Å². The topological polar surface area (TPSA) is 81.7 Å². The first-order chi connectivity index (χ1) is 12.4. The van der Waals surface area contributed by atoms with Gasteiger partial charge in [0.05, 0.1) is 17.7 Å². The maximum Gasteiger partial charge on any atom is 0.341 e. The summed E-state index contributed by atoms with van der Waals surface area (Å²) in [4.78, 5) is 36.9. The molecule has 1 aromatic carbocycles. The molecule has 8 heteroatoms. The van der Waals surface area contributed by atoms with Gasteiger partial charge in [0.15, 0.2) is 6.61 Å². The zero-order valence-electron chi connectivity index (χ0n) is 14.3. The van der Waals surface area contributed by atoms with Gasteiger partial charge in [-0.15, -0.1) is 11.3 Å². The molecule has 1 aromatic heterocycles. The molecule has 0 bridgehead atoms. The van der Waals surface area contributed by atoms with E-state index in [2.05, 4.69) is 5.32 Å². The third-order valence-corrected chi connectivity index (χ3v) is 4.74. The van der Waals surface area contributed by atoms with E-state index in [4.69, 9.17) is 21.1 Å². The zero-order chi connectivity index (χ0) is 19.1. The SMILES string of the molecule is CCOC(=O)c1cc(CC)sc1NC(=O)COC(=O)c1ccc(Cl)cc1. The average Bonchev–Trinajstić information content (AvgIpc) is 3.03. The van der Waals surface area contributed by atoms with Crippen LogP contribution in [0.25, 0.3) is 0 Å². The smallest absolute Gasteiger partial charge is 0.341 e. The Morgan fingerprint density at radius 3 is 2.38 bits per heavy atom. The van der Waals surface area contributed by atoms with Crippen molar-refractivity contribution in [3.63, 3.8) is 0 Å². The molecule has 138 valence electrons. The van der Waals surface area contributed by atoms with Crippen LogP contribution in [0.1, 0.15) is 39.4 Å². The van der Waals surface area contributed by atoms with E-state index >= 15 is 0 Å². The number of aryl methyl sites for hydroxylation is 1. The average molecular weight is 396 g/mol. The lowest BCUT2D eigenvalue weighted by molar-refractivity contribution is -0.119. The van der Waals surface area contributed by atoms with Crippen LogP contribution >= 0.6 is 22.9 Å². The van der Waals surface area contributed by atoms with Gasteiger partial charge in [0.25, 0.3) is 5.91 Å². The summed E-state index contributed by atoms with van der Waals surface area (Å²) in [5.74, 6) is -1.68. The first kappa shape index (κ1) is 19.9. The zero-order valence-corrected chi connectivity index (χ0v) is 15.9. The minimum absolute atomic E-state index is 0.238. The number of nitrogens with one attached hydrogen (secondary N) is 1. The van der Waals surface area contributed by atoms with Gasteiger partial charge in [0.2, 0.25) is 0 Å². The van der Waals surface area contributed by atoms with Crippen molar-refractivity contribution in [2.45, 2.75) is 20.3 Å². The van der Waals surface area contributed by atoms with E-state index in [1.165, 1.54) is 23.5 Å². The van der Waals surface area contributed by atoms with E-state index in [-0.39, 0.29) is 6.61 Å². The summed E-state index contributed by atoms with van der Waals surface area (Å²) in [6, 6.07) is 7.82. The Balaban J connectivity index is 1.99. The predicted molar refractivity (Wildman–Crippen MR) is 100 cm³/mol. The Morgan fingerprint density at radius 1 is 1.08 bits per heavy atom. The number of thiophene rings is 1. The number of esters is 2. The molecule has 0 radical (unpaired) electrons. The van der Waals surface area contributed by atoms with E-state index in [9.17, 15) is 14.4 Å². The highest BCUT2D eigenvalue weighted by molar-refractivity contribution is 7.16. The first-order valence-corrected chi connectivity index (χ1v) is 9.16. The molecule has 0 aliphatic carbocycles. The molecule has 2 aromatic rings. The fourth-order valence-electron chi connectivity index (χ4n) is 2.03. The molecular weight excluding hydrogens is 378 g/mol. The molecular formula is C18H18ClNO5S. The van der Waals surface area contributed by atoms with Crippen molar-refractivity contribution in [1.29, 1.82) is 0 Å². The Hall–Kier alpha value is -2.38. The molecule has 1 heterocycles. The van der Waals surface area contributed by atoms with Crippen molar-refractivity contribution in [2.75, 3.05) is 18.5 Å². The van der Waals surface area contributed by atoms with E-state index < -0.39 is 24.5 Å². The second kappa shape index (κ2) is 9.35. The van der Waals surface area contributed by atoms with Crippen LogP contribution in [-0.4, -0.2) is 31.1 Å². The van der Waals surface area contributed by atoms with E-state index in [1.54, 1.807) is 25.1 Å². The van der Waals surface area contributed by atoms with Crippen LogP contribution in [0.15, 0.2) is 30.3 Å². The van der Waals surface area contributed by atoms with Crippen molar-refractivity contribution >= 4 is 45.8 Å². The maximum absolute atomic E-state index is 12.1. The minimum Gasteiger partial charge on any atom is -0.462 e. The van der Waals surface area contributed by atoms with Crippen molar-refractivity contribution < 1.29 is 23.9 Å². The van der Waals surface area contributed by atoms with Crippen LogP contribution in [0.3, 0.4) is 0 Å². The number of hydrogen-bond acceptors (Lipinski definition) is 6. The van der Waals surface area contributed by atoms with Gasteiger partial charge < -0.3 is 14.8 Å². The molecule has 1 N–H and O–H groups in total. The molecule has 6 nitrogen and oxygen atoms in total. The third kappa shape index (κ3) is 5.31. The summed E-state index contributed by atoms with van der Waals surface area (Å²) in [6.45, 7) is 3.42. The van der Waals surface area contributed by atoms with Crippen LogP contribution < -0.4 is 5.32 Å². The van der Waals surface area contributed by atoms with E-state index in [0.717, 1.165) is 11.3 Å². The second-order valence-corrected chi connectivity index (χ2v) is 6.73. The highest BCUT2D eigenvalue weighted by atomic mass is 35.5. The van der Waals surface area contributed by atoms with Gasteiger partial charge in [0.1, 0.15) is 5.00 Å². The largest absolute Gasteiger partial charge is 0.462 e. The molecule has 1 amide bonds. The second-order valence-electron chi connectivity index (χ2n) is 5.16. The fourth-order valence-corrected chi connectivity index (χ4v) is 3.16. The summed E-state index contributed by atoms with van der Waals surface area (Å²) in [6.07, 6.45) is 0.721. The van der Waals surface area contributed by atoms with Gasteiger partial charge in [-0.2, -0.15) is 0 Å². The highest BCUT2D eigenvalue weighted by Crippen LogP contribution is 2.29. The van der Waals surface area contributed by atoms with Crippen molar-refractivity contribution in [3.8, 4) is 0 Å². The number of rotatable bonds is 7. The fraction of sp³-hybridized carbons (Fsp3) is 0.278. The quantitative estimate of drug-likeness (QED) is 0.718. The van der Waals surface area contributed by atoms with E-state index in [0.29, 0.717) is 21.2 Å². The highest BCUT2D eigenvalue weighted by Gasteiger charge is 2.19. The number of amides is 1. The lowest BCUT2D eigenvalue weighted by Crippen LogP contribution is -2.21. The van der Waals surface area contributed by atoms with Crippen molar-refractivity contribution in [3.05, 3.63) is 51.4 Å². The third-order valence-electron chi connectivity index (χ3n) is 3.29. The number of halogens is 1. The molecule has 0 aliphatic heterocycles.